The lowest BCUT2D eigenvalue weighted by atomic mass is 10.1. The molecule has 0 fully saturated rings. The Morgan fingerprint density at radius 1 is 1.21 bits per heavy atom. The molecule has 1 aliphatic heterocycles. The Morgan fingerprint density at radius 3 is 2.75 bits per heavy atom. The minimum absolute atomic E-state index is 0.0585. The van der Waals surface area contributed by atoms with Crippen molar-refractivity contribution in [2.24, 2.45) is 0 Å². The van der Waals surface area contributed by atoms with E-state index in [2.05, 4.69) is 11.1 Å². The Bertz CT molecular complexity index is 1110. The van der Waals surface area contributed by atoms with Gasteiger partial charge in [0.1, 0.15) is 30.1 Å². The first-order valence-corrected chi connectivity index (χ1v) is 9.61. The van der Waals surface area contributed by atoms with E-state index in [9.17, 15) is 10.1 Å². The molecular formula is C21H16N2O4S. The molecule has 1 aliphatic rings. The molecule has 0 spiro atoms. The number of aromatic nitrogens is 1. The molecule has 0 N–H and O–H groups in total. The van der Waals surface area contributed by atoms with Gasteiger partial charge in [0.25, 0.3) is 0 Å². The number of carbonyl (C=O) groups is 1. The fourth-order valence-electron chi connectivity index (χ4n) is 2.90. The van der Waals surface area contributed by atoms with Crippen molar-refractivity contribution in [2.75, 3.05) is 26.1 Å². The van der Waals surface area contributed by atoms with Crippen molar-refractivity contribution < 1.29 is 19.0 Å². The summed E-state index contributed by atoms with van der Waals surface area (Å²) >= 11 is 1.24. The summed E-state index contributed by atoms with van der Waals surface area (Å²) < 4.78 is 16.4. The summed E-state index contributed by atoms with van der Waals surface area (Å²) in [5.74, 6) is 2.03. The van der Waals surface area contributed by atoms with Gasteiger partial charge in [0.15, 0.2) is 17.3 Å². The molecule has 7 heteroatoms. The molecule has 1 aromatic heterocycles. The van der Waals surface area contributed by atoms with Crippen LogP contribution in [0, 0.1) is 11.3 Å². The summed E-state index contributed by atoms with van der Waals surface area (Å²) in [6.07, 6.45) is 0. The lowest BCUT2D eigenvalue weighted by Gasteiger charge is -2.18. The lowest BCUT2D eigenvalue weighted by Crippen LogP contribution is -2.15. The summed E-state index contributed by atoms with van der Waals surface area (Å²) in [7, 11) is 1.56. The highest BCUT2D eigenvalue weighted by Crippen LogP contribution is 2.35. The van der Waals surface area contributed by atoms with Crippen molar-refractivity contribution in [1.82, 2.24) is 4.98 Å². The molecule has 3 aromatic rings. The van der Waals surface area contributed by atoms with E-state index in [1.165, 1.54) is 11.8 Å². The van der Waals surface area contributed by atoms with Gasteiger partial charge in [-0.1, -0.05) is 23.9 Å². The first-order chi connectivity index (χ1) is 13.7. The summed E-state index contributed by atoms with van der Waals surface area (Å²) in [5.41, 5.74) is 1.68. The Morgan fingerprint density at radius 2 is 2.00 bits per heavy atom. The van der Waals surface area contributed by atoms with Gasteiger partial charge in [-0.15, -0.1) is 0 Å². The predicted octanol–water partition coefficient (Wildman–Crippen LogP) is 3.86. The number of methoxy groups -OCH3 is 1. The van der Waals surface area contributed by atoms with Crippen LogP contribution in [-0.2, 0) is 0 Å². The minimum atomic E-state index is -0.0585. The third-order valence-corrected chi connectivity index (χ3v) is 5.29. The number of hydrogen-bond donors (Lipinski definition) is 0. The van der Waals surface area contributed by atoms with Crippen LogP contribution in [0.5, 0.6) is 17.2 Å². The highest BCUT2D eigenvalue weighted by Gasteiger charge is 2.16. The Hall–Kier alpha value is -3.24. The van der Waals surface area contributed by atoms with Crippen molar-refractivity contribution >= 4 is 28.4 Å². The van der Waals surface area contributed by atoms with Crippen molar-refractivity contribution in [3.63, 3.8) is 0 Å². The summed E-state index contributed by atoms with van der Waals surface area (Å²) in [6.45, 7) is 0.989. The van der Waals surface area contributed by atoms with Gasteiger partial charge in [-0.3, -0.25) is 4.79 Å². The van der Waals surface area contributed by atoms with Crippen molar-refractivity contribution in [3.05, 3.63) is 53.6 Å². The number of pyridine rings is 1. The van der Waals surface area contributed by atoms with E-state index in [-0.39, 0.29) is 11.5 Å². The number of ketones is 1. The molecule has 140 valence electrons. The number of rotatable bonds is 5. The molecule has 6 nitrogen and oxygen atoms in total. The van der Waals surface area contributed by atoms with E-state index < -0.39 is 0 Å². The van der Waals surface area contributed by atoms with Crippen molar-refractivity contribution in [3.8, 4) is 23.3 Å². The fourth-order valence-corrected chi connectivity index (χ4v) is 3.75. The molecule has 0 unspecified atom stereocenters. The van der Waals surface area contributed by atoms with Crippen LogP contribution < -0.4 is 14.2 Å². The number of Topliss-reactive ketones (excluding diaryl/α,β-unsaturated/α-hetero) is 1. The van der Waals surface area contributed by atoms with Gasteiger partial charge in [0, 0.05) is 17.0 Å². The maximum absolute atomic E-state index is 12.5. The number of fused-ring (bicyclic) bond motifs is 2. The average Bonchev–Trinajstić information content (AvgIpc) is 2.75. The fraction of sp³-hybridized carbons (Fsp3) is 0.190. The van der Waals surface area contributed by atoms with Crippen LogP contribution in [0.3, 0.4) is 0 Å². The van der Waals surface area contributed by atoms with E-state index in [4.69, 9.17) is 14.2 Å². The third-order valence-electron chi connectivity index (χ3n) is 4.30. The molecule has 28 heavy (non-hydrogen) atoms. The zero-order valence-electron chi connectivity index (χ0n) is 15.1. The SMILES string of the molecule is COc1cccc(C(=O)CSc2nc3cc4c(cc3cc2C#N)OCCO4)c1. The zero-order chi connectivity index (χ0) is 19.5. The molecule has 0 atom stereocenters. The largest absolute Gasteiger partial charge is 0.497 e. The molecule has 0 bridgehead atoms. The Labute approximate surface area is 166 Å². The van der Waals surface area contributed by atoms with Crippen LogP contribution in [-0.4, -0.2) is 36.8 Å². The van der Waals surface area contributed by atoms with Gasteiger partial charge >= 0.3 is 0 Å². The number of hydrogen-bond acceptors (Lipinski definition) is 7. The van der Waals surface area contributed by atoms with Crippen molar-refractivity contribution in [2.45, 2.75) is 5.03 Å². The number of thioether (sulfide) groups is 1. The topological polar surface area (TPSA) is 81.4 Å². The van der Waals surface area contributed by atoms with Gasteiger partial charge in [0.2, 0.25) is 0 Å². The predicted molar refractivity (Wildman–Crippen MR) is 105 cm³/mol. The van der Waals surface area contributed by atoms with Gasteiger partial charge < -0.3 is 14.2 Å². The number of ether oxygens (including phenoxy) is 3. The molecule has 0 radical (unpaired) electrons. The van der Waals surface area contributed by atoms with E-state index in [0.717, 1.165) is 5.39 Å². The van der Waals surface area contributed by atoms with E-state index in [1.54, 1.807) is 43.5 Å². The average molecular weight is 392 g/mol. The van der Waals surface area contributed by atoms with Crippen LogP contribution >= 0.6 is 11.8 Å². The standard InChI is InChI=1S/C21H16N2O4S/c1-25-16-4-2-3-13(8-16)18(24)12-28-21-15(11-22)7-14-9-19-20(10-17(14)23-21)27-6-5-26-19/h2-4,7-10H,5-6,12H2,1H3. The van der Waals surface area contributed by atoms with Crippen molar-refractivity contribution in [1.29, 1.82) is 5.26 Å². The van der Waals surface area contributed by atoms with Gasteiger partial charge in [0.05, 0.1) is 23.9 Å². The monoisotopic (exact) mass is 392 g/mol. The second-order valence-electron chi connectivity index (χ2n) is 6.09. The first-order valence-electron chi connectivity index (χ1n) is 8.62. The Kier molecular flexibility index (Phi) is 5.04. The van der Waals surface area contributed by atoms with Crippen LogP contribution in [0.4, 0.5) is 0 Å². The molecule has 0 saturated heterocycles. The van der Waals surface area contributed by atoms with Crippen LogP contribution in [0.1, 0.15) is 15.9 Å². The Balaban J connectivity index is 1.60. The normalized spacial score (nSPS) is 12.4. The number of nitrogens with zero attached hydrogens (tertiary/aromatic N) is 2. The molecule has 4 rings (SSSR count). The third kappa shape index (κ3) is 3.59. The van der Waals surface area contributed by atoms with Crippen LogP contribution in [0.15, 0.2) is 47.5 Å². The molecule has 0 amide bonds. The molecule has 2 heterocycles. The van der Waals surface area contributed by atoms with E-state index in [0.29, 0.717) is 52.1 Å². The smallest absolute Gasteiger partial charge is 0.173 e. The summed E-state index contributed by atoms with van der Waals surface area (Å²) in [4.78, 5) is 17.1. The number of nitriles is 1. The number of benzene rings is 2. The van der Waals surface area contributed by atoms with Gasteiger partial charge in [-0.25, -0.2) is 4.98 Å². The second kappa shape index (κ2) is 7.79. The molecular weight excluding hydrogens is 376 g/mol. The zero-order valence-corrected chi connectivity index (χ0v) is 15.9. The van der Waals surface area contributed by atoms with Gasteiger partial charge in [-0.05, 0) is 24.3 Å². The quantitative estimate of drug-likeness (QED) is 0.482. The highest BCUT2D eigenvalue weighted by molar-refractivity contribution is 8.00. The van der Waals surface area contributed by atoms with Gasteiger partial charge in [-0.2, -0.15) is 5.26 Å². The molecule has 0 aliphatic carbocycles. The van der Waals surface area contributed by atoms with E-state index >= 15 is 0 Å². The van der Waals surface area contributed by atoms with E-state index in [1.807, 2.05) is 6.07 Å². The summed E-state index contributed by atoms with van der Waals surface area (Å²) in [6, 6.07) is 14.6. The summed E-state index contributed by atoms with van der Waals surface area (Å²) in [5, 5.41) is 10.8. The van der Waals surface area contributed by atoms with Crippen LogP contribution in [0.2, 0.25) is 0 Å². The molecule has 2 aromatic carbocycles. The minimum Gasteiger partial charge on any atom is -0.497 e. The lowest BCUT2D eigenvalue weighted by molar-refractivity contribution is 0.102. The number of carbonyl (C=O) groups excluding carboxylic acids is 1. The molecule has 0 saturated carbocycles. The maximum Gasteiger partial charge on any atom is 0.173 e. The van der Waals surface area contributed by atoms with Crippen LogP contribution in [0.25, 0.3) is 10.9 Å². The maximum atomic E-state index is 12.5. The highest BCUT2D eigenvalue weighted by atomic mass is 32.2. The second-order valence-corrected chi connectivity index (χ2v) is 7.05. The first kappa shape index (κ1) is 18.1.